The molecule has 0 aromatic carbocycles. The fourth-order valence-corrected chi connectivity index (χ4v) is 5.51. The molecule has 0 aliphatic heterocycles. The number of nitrogens with one attached hydrogen (secondary N) is 1. The quantitative estimate of drug-likeness (QED) is 0.0648. The Hall–Kier alpha value is -0.930. The van der Waals surface area contributed by atoms with Gasteiger partial charge in [0.2, 0.25) is 0 Å². The highest BCUT2D eigenvalue weighted by molar-refractivity contribution is 5.67. The zero-order valence-electron chi connectivity index (χ0n) is 31.5. The topological polar surface area (TPSA) is 84.5 Å². The van der Waals surface area contributed by atoms with Crippen LogP contribution in [0.4, 0.5) is 4.79 Å². The van der Waals surface area contributed by atoms with E-state index in [1.54, 1.807) is 7.11 Å². The summed E-state index contributed by atoms with van der Waals surface area (Å²) in [5, 5.41) is 2.74. The number of hydrogen-bond acceptors (Lipinski definition) is 7. The molecule has 1 N–H and O–H groups in total. The second kappa shape index (κ2) is 41.2. The number of amides is 1. The SMILES string of the molecule is CCCCCCCCCCCCCCOC[C@H](COC(=O)NCCOCCOCCOC)OCCCCCCCCCCCCCC. The molecule has 0 unspecified atom stereocenters. The summed E-state index contributed by atoms with van der Waals surface area (Å²) in [6.45, 7) is 9.50. The summed E-state index contributed by atoms with van der Waals surface area (Å²) in [5.74, 6) is 0. The summed E-state index contributed by atoms with van der Waals surface area (Å²) in [6, 6.07) is 0. The standard InChI is InChI=1S/C39H79NO7/c1-4-6-8-10-12-14-16-18-20-22-24-26-29-45-36-38(37-47-39(41)40-28-31-43-34-35-44-33-32-42-3)46-30-27-25-23-21-19-17-15-13-11-9-7-5-2/h38H,4-37H2,1-3H3,(H,40,41)/t38-/m1/s1. The van der Waals surface area contributed by atoms with E-state index >= 15 is 0 Å². The normalized spacial score (nSPS) is 12.1. The highest BCUT2D eigenvalue weighted by Crippen LogP contribution is 2.13. The summed E-state index contributed by atoms with van der Waals surface area (Å²) in [6.07, 6.45) is 31.1. The Morgan fingerprint density at radius 2 is 0.894 bits per heavy atom. The molecule has 282 valence electrons. The fraction of sp³-hybridized carbons (Fsp3) is 0.974. The lowest BCUT2D eigenvalue weighted by Crippen LogP contribution is -2.33. The minimum Gasteiger partial charge on any atom is -0.447 e. The van der Waals surface area contributed by atoms with Gasteiger partial charge in [0.1, 0.15) is 12.7 Å². The van der Waals surface area contributed by atoms with E-state index in [4.69, 9.17) is 28.4 Å². The molecule has 0 radical (unpaired) electrons. The van der Waals surface area contributed by atoms with Crippen LogP contribution in [0.5, 0.6) is 0 Å². The van der Waals surface area contributed by atoms with Gasteiger partial charge in [-0.2, -0.15) is 0 Å². The van der Waals surface area contributed by atoms with Crippen LogP contribution in [0.3, 0.4) is 0 Å². The first-order chi connectivity index (χ1) is 23.2. The molecule has 0 aliphatic rings. The largest absolute Gasteiger partial charge is 0.447 e. The van der Waals surface area contributed by atoms with Crippen molar-refractivity contribution in [2.24, 2.45) is 0 Å². The highest BCUT2D eigenvalue weighted by atomic mass is 16.6. The average Bonchev–Trinajstić information content (AvgIpc) is 3.08. The van der Waals surface area contributed by atoms with Crippen molar-refractivity contribution in [2.45, 2.75) is 174 Å². The number of rotatable bonds is 40. The van der Waals surface area contributed by atoms with Crippen molar-refractivity contribution in [2.75, 3.05) is 73.1 Å². The van der Waals surface area contributed by atoms with Gasteiger partial charge in [-0.15, -0.1) is 0 Å². The second-order valence-electron chi connectivity index (χ2n) is 13.1. The maximum atomic E-state index is 12.2. The van der Waals surface area contributed by atoms with Crippen molar-refractivity contribution in [3.8, 4) is 0 Å². The van der Waals surface area contributed by atoms with E-state index < -0.39 is 6.09 Å². The predicted molar refractivity (Wildman–Crippen MR) is 196 cm³/mol. The van der Waals surface area contributed by atoms with Crippen molar-refractivity contribution in [1.82, 2.24) is 5.32 Å². The fourth-order valence-electron chi connectivity index (χ4n) is 5.51. The van der Waals surface area contributed by atoms with Crippen LogP contribution in [0.2, 0.25) is 0 Å². The first-order valence-corrected chi connectivity index (χ1v) is 20.0. The zero-order chi connectivity index (χ0) is 34.1. The molecule has 0 saturated heterocycles. The minimum atomic E-state index is -0.454. The number of unbranched alkanes of at least 4 members (excludes halogenated alkanes) is 22. The third kappa shape index (κ3) is 39.4. The van der Waals surface area contributed by atoms with E-state index in [2.05, 4.69) is 19.2 Å². The summed E-state index contributed by atoms with van der Waals surface area (Å²) in [7, 11) is 1.65. The Labute approximate surface area is 291 Å². The van der Waals surface area contributed by atoms with E-state index in [0.717, 1.165) is 19.4 Å². The van der Waals surface area contributed by atoms with Crippen LogP contribution in [0, 0.1) is 0 Å². The third-order valence-corrected chi connectivity index (χ3v) is 8.52. The van der Waals surface area contributed by atoms with Gasteiger partial charge in [-0.25, -0.2) is 4.79 Å². The number of methoxy groups -OCH3 is 1. The van der Waals surface area contributed by atoms with E-state index in [0.29, 0.717) is 52.8 Å². The van der Waals surface area contributed by atoms with Crippen molar-refractivity contribution in [3.63, 3.8) is 0 Å². The van der Waals surface area contributed by atoms with Crippen molar-refractivity contribution in [3.05, 3.63) is 0 Å². The molecule has 1 amide bonds. The number of carbonyl (C=O) groups is 1. The van der Waals surface area contributed by atoms with Crippen LogP contribution >= 0.6 is 0 Å². The van der Waals surface area contributed by atoms with E-state index in [9.17, 15) is 4.79 Å². The molecule has 0 fully saturated rings. The third-order valence-electron chi connectivity index (χ3n) is 8.52. The van der Waals surface area contributed by atoms with Gasteiger partial charge in [-0.1, -0.05) is 155 Å². The minimum absolute atomic E-state index is 0.191. The zero-order valence-corrected chi connectivity index (χ0v) is 31.5. The van der Waals surface area contributed by atoms with Gasteiger partial charge in [-0.05, 0) is 12.8 Å². The van der Waals surface area contributed by atoms with Crippen LogP contribution in [0.15, 0.2) is 0 Å². The van der Waals surface area contributed by atoms with Gasteiger partial charge in [0, 0.05) is 26.9 Å². The average molecular weight is 674 g/mol. The van der Waals surface area contributed by atoms with Gasteiger partial charge in [0.25, 0.3) is 0 Å². The van der Waals surface area contributed by atoms with E-state index in [1.807, 2.05) is 0 Å². The Bertz CT molecular complexity index is 596. The predicted octanol–water partition coefficient (Wildman–Crippen LogP) is 10.2. The Morgan fingerprint density at radius 3 is 1.38 bits per heavy atom. The van der Waals surface area contributed by atoms with Gasteiger partial charge in [-0.3, -0.25) is 0 Å². The highest BCUT2D eigenvalue weighted by Gasteiger charge is 2.13. The Morgan fingerprint density at radius 1 is 0.468 bits per heavy atom. The maximum absolute atomic E-state index is 12.2. The Balaban J connectivity index is 4.04. The van der Waals surface area contributed by atoms with Gasteiger partial charge >= 0.3 is 6.09 Å². The lowest BCUT2D eigenvalue weighted by Gasteiger charge is -2.18. The van der Waals surface area contributed by atoms with Gasteiger partial charge < -0.3 is 33.7 Å². The van der Waals surface area contributed by atoms with Crippen LogP contribution in [-0.2, 0) is 28.4 Å². The number of carbonyl (C=O) groups excluding carboxylic acids is 1. The lowest BCUT2D eigenvalue weighted by molar-refractivity contribution is -0.0469. The molecule has 0 aromatic rings. The molecule has 8 heteroatoms. The molecule has 0 rings (SSSR count). The van der Waals surface area contributed by atoms with Crippen LogP contribution in [0.25, 0.3) is 0 Å². The summed E-state index contributed by atoms with van der Waals surface area (Å²) in [4.78, 5) is 12.2. The molecule has 8 nitrogen and oxygen atoms in total. The molecule has 1 atom stereocenters. The van der Waals surface area contributed by atoms with E-state index in [1.165, 1.54) is 141 Å². The molecule has 0 spiro atoms. The molecule has 0 saturated carbocycles. The summed E-state index contributed by atoms with van der Waals surface area (Å²) in [5.41, 5.74) is 0. The summed E-state index contributed by atoms with van der Waals surface area (Å²) >= 11 is 0. The maximum Gasteiger partial charge on any atom is 0.407 e. The molecule has 0 heterocycles. The summed E-state index contributed by atoms with van der Waals surface area (Å²) < 4.78 is 33.3. The first kappa shape index (κ1) is 46.1. The lowest BCUT2D eigenvalue weighted by atomic mass is 10.1. The van der Waals surface area contributed by atoms with Gasteiger partial charge in [0.05, 0.1) is 39.6 Å². The Kier molecular flexibility index (Phi) is 40.4. The van der Waals surface area contributed by atoms with Crippen molar-refractivity contribution in [1.29, 1.82) is 0 Å². The number of alkyl carbamates (subject to hydrolysis) is 1. The van der Waals surface area contributed by atoms with Crippen LogP contribution in [-0.4, -0.2) is 85.3 Å². The molecule has 0 bridgehead atoms. The van der Waals surface area contributed by atoms with Crippen molar-refractivity contribution < 1.29 is 33.2 Å². The first-order valence-electron chi connectivity index (χ1n) is 20.0. The second-order valence-corrected chi connectivity index (χ2v) is 13.1. The molecule has 47 heavy (non-hydrogen) atoms. The van der Waals surface area contributed by atoms with Crippen molar-refractivity contribution >= 4 is 6.09 Å². The molecule has 0 aliphatic carbocycles. The van der Waals surface area contributed by atoms with Gasteiger partial charge in [0.15, 0.2) is 0 Å². The number of hydrogen-bond donors (Lipinski definition) is 1. The van der Waals surface area contributed by atoms with Crippen LogP contribution < -0.4 is 5.32 Å². The molecular weight excluding hydrogens is 594 g/mol. The van der Waals surface area contributed by atoms with E-state index in [-0.39, 0.29) is 12.7 Å². The smallest absolute Gasteiger partial charge is 0.407 e. The molecular formula is C39H79NO7. The number of ether oxygens (including phenoxy) is 6. The van der Waals surface area contributed by atoms with Crippen LogP contribution in [0.1, 0.15) is 168 Å². The molecule has 0 aromatic heterocycles. The monoisotopic (exact) mass is 674 g/mol.